The number of hydrogen-bond donors (Lipinski definition) is 1. The van der Waals surface area contributed by atoms with Crippen molar-refractivity contribution in [2.45, 2.75) is 41.9 Å². The SMILES string of the molecule is O=C(N1CCC(O)C1)N1CCC(C(F)(F)F)C(c2nc(SCc3ccccc3)n(C(=O)c3ccoc3)n2)C1. The van der Waals surface area contributed by atoms with Gasteiger partial charge in [0.05, 0.1) is 29.8 Å². The van der Waals surface area contributed by atoms with Crippen LogP contribution in [0.15, 0.2) is 58.5 Å². The van der Waals surface area contributed by atoms with Crippen molar-refractivity contribution in [3.05, 3.63) is 65.9 Å². The van der Waals surface area contributed by atoms with Crippen LogP contribution in [0.25, 0.3) is 0 Å². The van der Waals surface area contributed by atoms with E-state index in [0.717, 1.165) is 10.2 Å². The van der Waals surface area contributed by atoms with Crippen molar-refractivity contribution < 1.29 is 32.3 Å². The van der Waals surface area contributed by atoms with Crippen molar-refractivity contribution in [1.29, 1.82) is 0 Å². The number of likely N-dealkylation sites (tertiary alicyclic amines) is 2. The van der Waals surface area contributed by atoms with Gasteiger partial charge in [-0.1, -0.05) is 42.1 Å². The molecule has 2 aromatic heterocycles. The van der Waals surface area contributed by atoms with E-state index in [4.69, 9.17) is 4.42 Å². The van der Waals surface area contributed by atoms with Gasteiger partial charge in [0.1, 0.15) is 6.26 Å². The minimum absolute atomic E-state index is 0.0730. The predicted molar refractivity (Wildman–Crippen MR) is 131 cm³/mol. The average molecular weight is 550 g/mol. The molecule has 5 rings (SSSR count). The highest BCUT2D eigenvalue weighted by atomic mass is 32.2. The maximum Gasteiger partial charge on any atom is 0.392 e. The Bertz CT molecular complexity index is 1270. The average Bonchev–Trinajstić information content (AvgIpc) is 3.68. The van der Waals surface area contributed by atoms with Crippen LogP contribution in [0.5, 0.6) is 0 Å². The lowest BCUT2D eigenvalue weighted by molar-refractivity contribution is -0.190. The number of furan rings is 1. The number of urea groups is 1. The molecule has 2 aliphatic heterocycles. The molecule has 2 aliphatic rings. The third-order valence-corrected chi connectivity index (χ3v) is 7.83. The van der Waals surface area contributed by atoms with Crippen molar-refractivity contribution in [2.75, 3.05) is 26.2 Å². The molecule has 0 radical (unpaired) electrons. The molecule has 3 unspecified atom stereocenters. The normalized spacial score (nSPS) is 22.2. The second-order valence-corrected chi connectivity index (χ2v) is 10.4. The highest BCUT2D eigenvalue weighted by Gasteiger charge is 2.50. The van der Waals surface area contributed by atoms with Gasteiger partial charge in [-0.15, -0.1) is 5.10 Å². The van der Waals surface area contributed by atoms with Gasteiger partial charge < -0.3 is 19.3 Å². The Hall–Kier alpha value is -3.32. The number of carbonyl (C=O) groups is 2. The second-order valence-electron chi connectivity index (χ2n) is 9.42. The maximum absolute atomic E-state index is 14.1. The highest BCUT2D eigenvalue weighted by molar-refractivity contribution is 7.98. The molecular weight excluding hydrogens is 523 g/mol. The Morgan fingerprint density at radius 1 is 1.08 bits per heavy atom. The van der Waals surface area contributed by atoms with E-state index >= 15 is 0 Å². The van der Waals surface area contributed by atoms with Gasteiger partial charge in [-0.2, -0.15) is 17.9 Å². The molecule has 0 spiro atoms. The van der Waals surface area contributed by atoms with Crippen molar-refractivity contribution in [3.63, 3.8) is 0 Å². The van der Waals surface area contributed by atoms with Crippen LogP contribution in [-0.2, 0) is 5.75 Å². The molecule has 2 amide bonds. The summed E-state index contributed by atoms with van der Waals surface area (Å²) >= 11 is 1.19. The number of amides is 2. The summed E-state index contributed by atoms with van der Waals surface area (Å²) in [6, 6.07) is 10.4. The molecule has 4 heterocycles. The van der Waals surface area contributed by atoms with Crippen molar-refractivity contribution in [2.24, 2.45) is 5.92 Å². The van der Waals surface area contributed by atoms with Crippen LogP contribution in [0.2, 0.25) is 0 Å². The number of nitrogens with zero attached hydrogens (tertiary/aromatic N) is 5. The molecule has 3 atom stereocenters. The van der Waals surface area contributed by atoms with E-state index in [1.165, 1.54) is 40.2 Å². The van der Waals surface area contributed by atoms with Crippen LogP contribution in [0, 0.1) is 5.92 Å². The molecule has 9 nitrogen and oxygen atoms in total. The number of benzene rings is 1. The number of aliphatic hydroxyl groups excluding tert-OH is 1. The van der Waals surface area contributed by atoms with Crippen molar-refractivity contribution >= 4 is 23.7 Å². The number of halogens is 3. The van der Waals surface area contributed by atoms with E-state index in [1.54, 1.807) is 0 Å². The number of thioether (sulfide) groups is 1. The van der Waals surface area contributed by atoms with E-state index in [0.29, 0.717) is 18.7 Å². The van der Waals surface area contributed by atoms with Gasteiger partial charge in [-0.3, -0.25) is 4.79 Å². The van der Waals surface area contributed by atoms with Crippen LogP contribution in [-0.4, -0.2) is 80.1 Å². The zero-order valence-corrected chi connectivity index (χ0v) is 21.1. The first-order chi connectivity index (χ1) is 18.2. The Labute approximate surface area is 220 Å². The van der Waals surface area contributed by atoms with Crippen LogP contribution >= 0.6 is 11.8 Å². The van der Waals surface area contributed by atoms with Crippen molar-refractivity contribution in [3.8, 4) is 0 Å². The molecule has 202 valence electrons. The number of β-amino-alcohol motifs (C(OH)–C–C–N with tert-alkyl or cyclic N) is 1. The van der Waals surface area contributed by atoms with Crippen LogP contribution in [0.1, 0.15) is 40.5 Å². The van der Waals surface area contributed by atoms with Gasteiger partial charge in [-0.05, 0) is 24.5 Å². The number of carbonyl (C=O) groups excluding carboxylic acids is 2. The van der Waals surface area contributed by atoms with Gasteiger partial charge >= 0.3 is 12.2 Å². The third-order valence-electron chi connectivity index (χ3n) is 6.83. The van der Waals surface area contributed by atoms with Crippen LogP contribution in [0.4, 0.5) is 18.0 Å². The fraction of sp³-hybridized carbons (Fsp3) is 0.440. The smallest absolute Gasteiger partial charge is 0.392 e. The number of piperidine rings is 1. The van der Waals surface area contributed by atoms with Gasteiger partial charge in [0, 0.05) is 31.9 Å². The van der Waals surface area contributed by atoms with E-state index in [9.17, 15) is 27.9 Å². The molecule has 3 aromatic rings. The number of rotatable bonds is 5. The van der Waals surface area contributed by atoms with E-state index < -0.39 is 36.1 Å². The minimum atomic E-state index is -4.54. The van der Waals surface area contributed by atoms with Gasteiger partial charge in [0.25, 0.3) is 5.91 Å². The minimum Gasteiger partial charge on any atom is -0.472 e. The topological polar surface area (TPSA) is 105 Å². The monoisotopic (exact) mass is 549 g/mol. The number of aromatic nitrogens is 3. The molecular formula is C25H26F3N5O4S. The lowest BCUT2D eigenvalue weighted by atomic mass is 9.84. The summed E-state index contributed by atoms with van der Waals surface area (Å²) in [6.45, 7) is 0.171. The molecule has 0 aliphatic carbocycles. The van der Waals surface area contributed by atoms with Crippen LogP contribution in [0.3, 0.4) is 0 Å². The molecule has 0 bridgehead atoms. The highest BCUT2D eigenvalue weighted by Crippen LogP contribution is 2.43. The Morgan fingerprint density at radius 3 is 2.47 bits per heavy atom. The van der Waals surface area contributed by atoms with E-state index in [1.807, 2.05) is 30.3 Å². The quantitative estimate of drug-likeness (QED) is 0.480. The summed E-state index contributed by atoms with van der Waals surface area (Å²) in [5.74, 6) is -3.32. The Morgan fingerprint density at radius 2 is 1.82 bits per heavy atom. The first-order valence-corrected chi connectivity index (χ1v) is 13.2. The molecule has 0 saturated carbocycles. The molecule has 2 fully saturated rings. The number of alkyl halides is 3. The van der Waals surface area contributed by atoms with Crippen molar-refractivity contribution in [1.82, 2.24) is 24.6 Å². The fourth-order valence-corrected chi connectivity index (χ4v) is 5.71. The van der Waals surface area contributed by atoms with E-state index in [-0.39, 0.29) is 42.6 Å². The molecule has 2 saturated heterocycles. The Balaban J connectivity index is 1.46. The molecule has 38 heavy (non-hydrogen) atoms. The van der Waals surface area contributed by atoms with Gasteiger partial charge in [0.15, 0.2) is 11.0 Å². The van der Waals surface area contributed by atoms with Gasteiger partial charge in [0.2, 0.25) is 0 Å². The summed E-state index contributed by atoms with van der Waals surface area (Å²) in [7, 11) is 0. The summed E-state index contributed by atoms with van der Waals surface area (Å²) in [4.78, 5) is 33.4. The summed E-state index contributed by atoms with van der Waals surface area (Å²) in [6.07, 6.45) is -2.51. The first kappa shape index (κ1) is 26.3. The largest absolute Gasteiger partial charge is 0.472 e. The lowest BCUT2D eigenvalue weighted by Crippen LogP contribution is -2.51. The van der Waals surface area contributed by atoms with Gasteiger partial charge in [-0.25, -0.2) is 9.78 Å². The molecule has 1 aromatic carbocycles. The zero-order valence-electron chi connectivity index (χ0n) is 20.3. The second kappa shape index (κ2) is 10.8. The standard InChI is InChI=1S/C25H26F3N5O4S/c26-25(27,28)20-7-10-32(24(36)31-9-6-18(34)12-31)13-19(20)21-29-23(38-15-16-4-2-1-3-5-16)33(30-21)22(35)17-8-11-37-14-17/h1-5,8,11,14,18-20,34H,6-7,9-10,12-13,15H2. The summed E-state index contributed by atoms with van der Waals surface area (Å²) < 4.78 is 48.4. The summed E-state index contributed by atoms with van der Waals surface area (Å²) in [5, 5.41) is 14.2. The summed E-state index contributed by atoms with van der Waals surface area (Å²) in [5.41, 5.74) is 1.13. The predicted octanol–water partition coefficient (Wildman–Crippen LogP) is 4.01. The number of aliphatic hydroxyl groups is 1. The zero-order chi connectivity index (χ0) is 26.9. The fourth-order valence-electron chi connectivity index (χ4n) is 4.82. The molecule has 1 N–H and O–H groups in total. The molecule has 13 heteroatoms. The first-order valence-electron chi connectivity index (χ1n) is 12.2. The third kappa shape index (κ3) is 5.58. The lowest BCUT2D eigenvalue weighted by Gasteiger charge is -2.39. The van der Waals surface area contributed by atoms with E-state index in [2.05, 4.69) is 10.1 Å². The Kier molecular flexibility index (Phi) is 7.48. The number of hydrogen-bond acceptors (Lipinski definition) is 7. The van der Waals surface area contributed by atoms with Crippen LogP contribution < -0.4 is 0 Å². The maximum atomic E-state index is 14.1.